The Morgan fingerprint density at radius 1 is 0.811 bits per heavy atom. The Bertz CT molecular complexity index is 865. The second-order valence-corrected chi connectivity index (χ2v) is 11.1. The van der Waals surface area contributed by atoms with Gasteiger partial charge in [0.1, 0.15) is 25.0 Å². The maximum absolute atomic E-state index is 12.3. The number of quaternary nitrogens is 1. The van der Waals surface area contributed by atoms with E-state index in [2.05, 4.69) is 76.5 Å². The molecule has 206 valence electrons. The van der Waals surface area contributed by atoms with Crippen molar-refractivity contribution in [1.82, 2.24) is 0 Å². The molecule has 4 heteroatoms. The third kappa shape index (κ3) is 14.3. The molecule has 0 aliphatic heterocycles. The Balaban J connectivity index is 1.63. The van der Waals surface area contributed by atoms with Gasteiger partial charge in [0.15, 0.2) is 0 Å². The Morgan fingerprint density at radius 2 is 1.51 bits per heavy atom. The van der Waals surface area contributed by atoms with Crippen LogP contribution in [-0.2, 0) is 22.5 Å². The van der Waals surface area contributed by atoms with E-state index < -0.39 is 0 Å². The monoisotopic (exact) mass is 510 g/mol. The van der Waals surface area contributed by atoms with Gasteiger partial charge in [-0.25, -0.2) is 0 Å². The lowest BCUT2D eigenvalue weighted by molar-refractivity contribution is -0.903. The van der Waals surface area contributed by atoms with Gasteiger partial charge in [-0.15, -0.1) is 0 Å². The number of hydrogen-bond acceptors (Lipinski definition) is 3. The van der Waals surface area contributed by atoms with Crippen molar-refractivity contribution in [2.45, 2.75) is 104 Å². The van der Waals surface area contributed by atoms with Gasteiger partial charge in [0.25, 0.3) is 0 Å². The zero-order valence-electron chi connectivity index (χ0n) is 24.1. The van der Waals surface area contributed by atoms with Crippen LogP contribution in [0.4, 0.5) is 0 Å². The van der Waals surface area contributed by atoms with Gasteiger partial charge in [0.05, 0.1) is 20.6 Å². The lowest BCUT2D eigenvalue weighted by atomic mass is 10.0. The number of hydrogen-bond donors (Lipinski definition) is 0. The van der Waals surface area contributed by atoms with E-state index in [9.17, 15) is 4.79 Å². The first-order valence-electron chi connectivity index (χ1n) is 14.7. The number of aryl methyl sites for hydroxylation is 1. The fourth-order valence-corrected chi connectivity index (χ4v) is 4.71. The minimum Gasteiger partial charge on any atom is -0.487 e. The highest BCUT2D eigenvalue weighted by molar-refractivity contribution is 5.69. The van der Waals surface area contributed by atoms with Gasteiger partial charge in [-0.1, -0.05) is 94.8 Å². The Hall–Kier alpha value is -2.33. The second-order valence-electron chi connectivity index (χ2n) is 11.1. The molecule has 2 aromatic rings. The summed E-state index contributed by atoms with van der Waals surface area (Å²) in [7, 11) is 4.50. The highest BCUT2D eigenvalue weighted by Gasteiger charge is 2.16. The van der Waals surface area contributed by atoms with E-state index in [1.165, 1.54) is 56.1 Å². The fraction of sp³-hybridized carbons (Fsp3) is 0.606. The lowest BCUT2D eigenvalue weighted by Gasteiger charge is -2.30. The normalized spacial score (nSPS) is 12.3. The molecule has 0 amide bonds. The molecule has 0 saturated carbocycles. The second kappa shape index (κ2) is 18.0. The topological polar surface area (TPSA) is 35.5 Å². The van der Waals surface area contributed by atoms with Crippen LogP contribution in [0.25, 0.3) is 0 Å². The number of rotatable bonds is 20. The van der Waals surface area contributed by atoms with Gasteiger partial charge in [0, 0.05) is 12.0 Å². The highest BCUT2D eigenvalue weighted by Crippen LogP contribution is 2.19. The van der Waals surface area contributed by atoms with Gasteiger partial charge < -0.3 is 14.0 Å². The van der Waals surface area contributed by atoms with E-state index in [4.69, 9.17) is 9.47 Å². The number of ether oxygens (including phenoxy) is 2. The average molecular weight is 511 g/mol. The summed E-state index contributed by atoms with van der Waals surface area (Å²) in [5.74, 6) is 0.755. The average Bonchev–Trinajstić information content (AvgIpc) is 2.89. The molecular formula is C33H52NO3+. The number of unbranched alkanes of at least 4 members (excludes halogenated alkanes) is 7. The van der Waals surface area contributed by atoms with Crippen molar-refractivity contribution < 1.29 is 18.8 Å². The fourth-order valence-electron chi connectivity index (χ4n) is 4.71. The van der Waals surface area contributed by atoms with Crippen LogP contribution in [0.2, 0.25) is 0 Å². The van der Waals surface area contributed by atoms with Crippen LogP contribution in [0.15, 0.2) is 54.6 Å². The first-order chi connectivity index (χ1) is 17.9. The summed E-state index contributed by atoms with van der Waals surface area (Å²) >= 11 is 0. The molecule has 2 aromatic carbocycles. The molecule has 0 heterocycles. The maximum atomic E-state index is 12.3. The third-order valence-corrected chi connectivity index (χ3v) is 7.00. The van der Waals surface area contributed by atoms with E-state index >= 15 is 0 Å². The molecule has 0 N–H and O–H groups in total. The maximum Gasteiger partial charge on any atom is 0.305 e. The van der Waals surface area contributed by atoms with E-state index in [-0.39, 0.29) is 12.1 Å². The molecule has 37 heavy (non-hydrogen) atoms. The van der Waals surface area contributed by atoms with Gasteiger partial charge in [-0.3, -0.25) is 4.79 Å². The molecule has 0 aliphatic rings. The molecule has 0 aromatic heterocycles. The molecule has 0 aliphatic carbocycles. The quantitative estimate of drug-likeness (QED) is 0.102. The van der Waals surface area contributed by atoms with E-state index in [0.29, 0.717) is 13.0 Å². The van der Waals surface area contributed by atoms with Crippen LogP contribution < -0.4 is 4.74 Å². The molecular weight excluding hydrogens is 458 g/mol. The summed E-state index contributed by atoms with van der Waals surface area (Å²) in [6, 6.07) is 19.0. The van der Waals surface area contributed by atoms with Crippen LogP contribution in [0.3, 0.4) is 0 Å². The summed E-state index contributed by atoms with van der Waals surface area (Å²) in [6.07, 6.45) is 13.4. The van der Waals surface area contributed by atoms with Gasteiger partial charge in [-0.2, -0.15) is 0 Å². The third-order valence-electron chi connectivity index (χ3n) is 7.00. The van der Waals surface area contributed by atoms with Crippen molar-refractivity contribution in [2.75, 3.05) is 27.2 Å². The zero-order valence-corrected chi connectivity index (χ0v) is 24.1. The van der Waals surface area contributed by atoms with Crippen molar-refractivity contribution >= 4 is 5.97 Å². The van der Waals surface area contributed by atoms with Gasteiger partial charge >= 0.3 is 5.97 Å². The standard InChI is InChI=1S/C33H52NO3/c1-5-7-8-9-10-11-13-19-29-22-18-23-32(26-29)37-31(6-2)28-36-33(35)24-16-17-25-34(3,4)27-30-20-14-12-15-21-30/h12,14-15,18,20-23,26,31H,5-11,13,16-17,19,24-25,27-28H2,1-4H3/q+1. The number of benzene rings is 2. The van der Waals surface area contributed by atoms with Gasteiger partial charge in [0.2, 0.25) is 0 Å². The molecule has 1 unspecified atom stereocenters. The molecule has 0 fully saturated rings. The predicted octanol–water partition coefficient (Wildman–Crippen LogP) is 8.13. The first kappa shape index (κ1) is 30.9. The molecule has 4 nitrogen and oxygen atoms in total. The largest absolute Gasteiger partial charge is 0.487 e. The predicted molar refractivity (Wildman–Crippen MR) is 155 cm³/mol. The Kier molecular flexibility index (Phi) is 15.0. The van der Waals surface area contributed by atoms with Crippen molar-refractivity contribution in [3.63, 3.8) is 0 Å². The SMILES string of the molecule is CCCCCCCCCc1cccc(OC(CC)COC(=O)CCCC[N+](C)(C)Cc2ccccc2)c1. The van der Waals surface area contributed by atoms with Crippen LogP contribution >= 0.6 is 0 Å². The van der Waals surface area contributed by atoms with Crippen LogP contribution in [0.1, 0.15) is 95.6 Å². The summed E-state index contributed by atoms with van der Waals surface area (Å²) in [6.45, 7) is 6.69. The molecule has 0 radical (unpaired) electrons. The first-order valence-corrected chi connectivity index (χ1v) is 14.7. The van der Waals surface area contributed by atoms with E-state index in [1.54, 1.807) is 0 Å². The van der Waals surface area contributed by atoms with Gasteiger partial charge in [-0.05, 0) is 49.8 Å². The summed E-state index contributed by atoms with van der Waals surface area (Å²) < 4.78 is 12.7. The number of esters is 1. The molecule has 2 rings (SSSR count). The Morgan fingerprint density at radius 3 is 2.24 bits per heavy atom. The van der Waals surface area contributed by atoms with E-state index in [1.807, 2.05) is 6.07 Å². The summed E-state index contributed by atoms with van der Waals surface area (Å²) in [5, 5.41) is 0. The van der Waals surface area contributed by atoms with Crippen molar-refractivity contribution in [1.29, 1.82) is 0 Å². The minimum atomic E-state index is -0.122. The molecule has 0 bridgehead atoms. The highest BCUT2D eigenvalue weighted by atomic mass is 16.6. The lowest BCUT2D eigenvalue weighted by Crippen LogP contribution is -2.39. The van der Waals surface area contributed by atoms with Crippen molar-refractivity contribution in [2.24, 2.45) is 0 Å². The summed E-state index contributed by atoms with van der Waals surface area (Å²) in [5.41, 5.74) is 2.67. The van der Waals surface area contributed by atoms with Crippen LogP contribution in [0, 0.1) is 0 Å². The summed E-state index contributed by atoms with van der Waals surface area (Å²) in [4.78, 5) is 12.3. The van der Waals surface area contributed by atoms with Crippen LogP contribution in [-0.4, -0.2) is 43.8 Å². The van der Waals surface area contributed by atoms with Crippen LogP contribution in [0.5, 0.6) is 5.75 Å². The number of carbonyl (C=O) groups excluding carboxylic acids is 1. The van der Waals surface area contributed by atoms with Crippen molar-refractivity contribution in [3.05, 3.63) is 65.7 Å². The molecule has 1 atom stereocenters. The number of carbonyl (C=O) groups is 1. The molecule has 0 saturated heterocycles. The Labute approximate surface area is 227 Å². The smallest absolute Gasteiger partial charge is 0.305 e. The number of nitrogens with zero attached hydrogens (tertiary/aromatic N) is 1. The van der Waals surface area contributed by atoms with Crippen molar-refractivity contribution in [3.8, 4) is 5.75 Å². The minimum absolute atomic E-state index is 0.112. The van der Waals surface area contributed by atoms with E-state index in [0.717, 1.165) is 49.0 Å². The zero-order chi connectivity index (χ0) is 26.8. The molecule has 0 spiro atoms.